The van der Waals surface area contributed by atoms with E-state index in [4.69, 9.17) is 0 Å². The van der Waals surface area contributed by atoms with Gasteiger partial charge >= 0.3 is 23.9 Å². The molecule has 0 fully saturated rings. The summed E-state index contributed by atoms with van der Waals surface area (Å²) in [5.41, 5.74) is 0. The third-order valence-corrected chi connectivity index (χ3v) is 4.25. The Morgan fingerprint density at radius 3 is 1.50 bits per heavy atom. The maximum atomic E-state index is 3.75. The van der Waals surface area contributed by atoms with Gasteiger partial charge in [0.25, 0.3) is 0 Å². The molecule has 0 atom stereocenters. The van der Waals surface area contributed by atoms with Crippen molar-refractivity contribution >= 4 is 39.8 Å². The molecular weight excluding hydrogens is 295 g/mol. The molecule has 0 spiro atoms. The van der Waals surface area contributed by atoms with Crippen LogP contribution in [-0.2, 0) is 0 Å². The molecule has 0 aliphatic rings. The zero-order chi connectivity index (χ0) is 7.49. The van der Waals surface area contributed by atoms with Crippen LogP contribution in [0, 0.1) is 5.92 Å². The molecule has 0 aliphatic heterocycles. The first-order valence-corrected chi connectivity index (χ1v) is 4.55. The summed E-state index contributed by atoms with van der Waals surface area (Å²) < 4.78 is 0.396. The van der Waals surface area contributed by atoms with E-state index in [1.807, 2.05) is 0 Å². The number of alkyl halides is 1. The van der Waals surface area contributed by atoms with E-state index in [-0.39, 0.29) is 23.9 Å². The van der Waals surface area contributed by atoms with E-state index in [0.717, 1.165) is 5.92 Å². The molecule has 62 valence electrons. The van der Waals surface area contributed by atoms with Crippen molar-refractivity contribution in [1.82, 2.24) is 0 Å². The van der Waals surface area contributed by atoms with Crippen LogP contribution in [0.5, 0.6) is 0 Å². The van der Waals surface area contributed by atoms with Gasteiger partial charge in [-0.15, -0.1) is 0 Å². The molecule has 0 bridgehead atoms. The van der Waals surface area contributed by atoms with Crippen LogP contribution in [0.4, 0.5) is 0 Å². The Kier molecular flexibility index (Phi) is 8.12. The van der Waals surface area contributed by atoms with E-state index in [1.165, 1.54) is 12.8 Å². The Hall–Kier alpha value is 1.28. The van der Waals surface area contributed by atoms with Gasteiger partial charge in [0.2, 0.25) is 0 Å². The summed E-state index contributed by atoms with van der Waals surface area (Å²) in [4.78, 5) is 0. The molecule has 0 aromatic heterocycles. The van der Waals surface area contributed by atoms with Crippen molar-refractivity contribution in [2.24, 2.45) is 5.92 Å². The molecule has 2 radical (unpaired) electrons. The van der Waals surface area contributed by atoms with Crippen molar-refractivity contribution in [3.8, 4) is 0 Å². The molecular formula is C8H19BrSn. The third kappa shape index (κ3) is 3.61. The second kappa shape index (κ2) is 5.87. The number of rotatable bonds is 3. The van der Waals surface area contributed by atoms with Gasteiger partial charge in [0, 0.05) is 4.32 Å². The van der Waals surface area contributed by atoms with Crippen LogP contribution in [0.15, 0.2) is 0 Å². The molecule has 0 aliphatic carbocycles. The summed E-state index contributed by atoms with van der Waals surface area (Å²) in [6.45, 7) is 9.00. The predicted octanol–water partition coefficient (Wildman–Crippen LogP) is 2.68. The summed E-state index contributed by atoms with van der Waals surface area (Å²) in [5, 5.41) is 0. The van der Waals surface area contributed by atoms with Gasteiger partial charge in [-0.3, -0.25) is 0 Å². The fraction of sp³-hybridized carbons (Fsp3) is 1.00. The minimum atomic E-state index is 0. The summed E-state index contributed by atoms with van der Waals surface area (Å²) >= 11 is 3.75. The molecule has 0 nitrogen and oxygen atoms in total. The molecule has 0 saturated carbocycles. The first kappa shape index (κ1) is 13.8. The molecule has 0 saturated heterocycles. The van der Waals surface area contributed by atoms with Crippen molar-refractivity contribution in [2.45, 2.75) is 44.9 Å². The molecule has 0 aromatic rings. The molecule has 2 heteroatoms. The summed E-state index contributed by atoms with van der Waals surface area (Å²) in [6, 6.07) is 0. The maximum absolute atomic E-state index is 3.75. The van der Waals surface area contributed by atoms with Crippen molar-refractivity contribution in [1.29, 1.82) is 0 Å². The van der Waals surface area contributed by atoms with Crippen molar-refractivity contribution in [3.05, 3.63) is 0 Å². The van der Waals surface area contributed by atoms with Crippen LogP contribution in [-0.4, -0.2) is 28.2 Å². The first-order chi connectivity index (χ1) is 4.06. The zero-order valence-electron chi connectivity index (χ0n) is 7.58. The predicted molar refractivity (Wildman–Crippen MR) is 55.6 cm³/mol. The fourth-order valence-electron chi connectivity index (χ4n) is 1.07. The monoisotopic (exact) mass is 314 g/mol. The van der Waals surface area contributed by atoms with Gasteiger partial charge in [-0.05, 0) is 18.8 Å². The molecule has 0 amide bonds. The number of hydrogen-bond donors (Lipinski definition) is 0. The average molecular weight is 314 g/mol. The number of hydrogen-bond acceptors (Lipinski definition) is 0. The second-order valence-electron chi connectivity index (χ2n) is 2.90. The molecule has 0 unspecified atom stereocenters. The van der Waals surface area contributed by atoms with Crippen LogP contribution >= 0.6 is 15.9 Å². The average Bonchev–Trinajstić information content (AvgIpc) is 1.86. The van der Waals surface area contributed by atoms with E-state index in [2.05, 4.69) is 43.6 Å². The molecule has 0 rings (SSSR count). The fourth-order valence-corrected chi connectivity index (χ4v) is 1.07. The zero-order valence-corrected chi connectivity index (χ0v) is 13.2. The van der Waals surface area contributed by atoms with Gasteiger partial charge in [-0.25, -0.2) is 0 Å². The van der Waals surface area contributed by atoms with Crippen LogP contribution in [0.1, 0.15) is 40.5 Å². The SMILES string of the molecule is CCC(Br)(CC)C(C)C.[SnH2]. The Morgan fingerprint density at radius 2 is 1.50 bits per heavy atom. The van der Waals surface area contributed by atoms with Gasteiger partial charge in [0.1, 0.15) is 0 Å². The Bertz CT molecular complexity index is 77.3. The van der Waals surface area contributed by atoms with Gasteiger partial charge in [0.05, 0.1) is 0 Å². The molecule has 0 N–H and O–H groups in total. The first-order valence-electron chi connectivity index (χ1n) is 3.75. The summed E-state index contributed by atoms with van der Waals surface area (Å²) in [7, 11) is 0. The van der Waals surface area contributed by atoms with Gasteiger partial charge in [-0.1, -0.05) is 43.6 Å². The van der Waals surface area contributed by atoms with E-state index in [9.17, 15) is 0 Å². The van der Waals surface area contributed by atoms with Crippen molar-refractivity contribution < 1.29 is 0 Å². The van der Waals surface area contributed by atoms with Crippen LogP contribution in [0.3, 0.4) is 0 Å². The van der Waals surface area contributed by atoms with Crippen LogP contribution < -0.4 is 0 Å². The van der Waals surface area contributed by atoms with Gasteiger partial charge < -0.3 is 0 Å². The van der Waals surface area contributed by atoms with Crippen LogP contribution in [0.25, 0.3) is 0 Å². The molecule has 10 heavy (non-hydrogen) atoms. The van der Waals surface area contributed by atoms with Gasteiger partial charge in [-0.2, -0.15) is 0 Å². The van der Waals surface area contributed by atoms with E-state index in [1.54, 1.807) is 0 Å². The minimum absolute atomic E-state index is 0. The van der Waals surface area contributed by atoms with Crippen LogP contribution in [0.2, 0.25) is 0 Å². The standard InChI is InChI=1S/C8H17Br.Sn.2H/c1-5-8(9,6-2)7(3)4;;;/h7H,5-6H2,1-4H3;;;. The van der Waals surface area contributed by atoms with Crippen molar-refractivity contribution in [3.63, 3.8) is 0 Å². The Labute approximate surface area is 90.2 Å². The topological polar surface area (TPSA) is 0 Å². The Balaban J connectivity index is 0. The second-order valence-corrected chi connectivity index (χ2v) is 4.48. The third-order valence-electron chi connectivity index (χ3n) is 2.21. The van der Waals surface area contributed by atoms with Crippen molar-refractivity contribution in [2.75, 3.05) is 0 Å². The quantitative estimate of drug-likeness (QED) is 0.555. The van der Waals surface area contributed by atoms with E-state index < -0.39 is 0 Å². The summed E-state index contributed by atoms with van der Waals surface area (Å²) in [5.74, 6) is 0.743. The van der Waals surface area contributed by atoms with E-state index >= 15 is 0 Å². The Morgan fingerprint density at radius 1 is 1.20 bits per heavy atom. The number of halogens is 1. The van der Waals surface area contributed by atoms with E-state index in [0.29, 0.717) is 4.32 Å². The summed E-state index contributed by atoms with van der Waals surface area (Å²) in [6.07, 6.45) is 2.45. The molecule has 0 heterocycles. The molecule has 0 aromatic carbocycles. The van der Waals surface area contributed by atoms with Gasteiger partial charge in [0.15, 0.2) is 0 Å². The normalized spacial score (nSPS) is 11.4.